The van der Waals surface area contributed by atoms with Gasteiger partial charge in [-0.05, 0) is 49.3 Å². The third kappa shape index (κ3) is 2.69. The van der Waals surface area contributed by atoms with Crippen LogP contribution < -0.4 is 5.32 Å². The molecule has 2 fully saturated rings. The Morgan fingerprint density at radius 2 is 1.89 bits per heavy atom. The first-order chi connectivity index (χ1) is 8.91. The average Bonchev–Trinajstić information content (AvgIpc) is 2.88. The summed E-state index contributed by atoms with van der Waals surface area (Å²) in [5, 5.41) is 3.37. The van der Waals surface area contributed by atoms with Crippen LogP contribution in [0.1, 0.15) is 31.2 Å². The van der Waals surface area contributed by atoms with Crippen LogP contribution in [0.25, 0.3) is 0 Å². The minimum absolute atomic E-state index is 0.125. The van der Waals surface area contributed by atoms with E-state index in [2.05, 4.69) is 5.32 Å². The highest BCUT2D eigenvalue weighted by atomic mass is 35.5. The molecule has 0 heterocycles. The third-order valence-corrected chi connectivity index (χ3v) is 4.53. The van der Waals surface area contributed by atoms with Crippen molar-refractivity contribution in [3.05, 3.63) is 28.8 Å². The molecule has 2 bridgehead atoms. The molecule has 3 rings (SSSR count). The zero-order chi connectivity index (χ0) is 13.6. The van der Waals surface area contributed by atoms with Crippen LogP contribution in [-0.2, 0) is 6.18 Å². The van der Waals surface area contributed by atoms with E-state index in [-0.39, 0.29) is 5.02 Å². The van der Waals surface area contributed by atoms with Crippen molar-refractivity contribution >= 4 is 17.3 Å². The van der Waals surface area contributed by atoms with E-state index in [0.29, 0.717) is 17.6 Å². The molecule has 1 aromatic carbocycles. The van der Waals surface area contributed by atoms with E-state index < -0.39 is 11.7 Å². The van der Waals surface area contributed by atoms with Gasteiger partial charge < -0.3 is 5.32 Å². The number of alkyl halides is 3. The van der Waals surface area contributed by atoms with Crippen LogP contribution in [0.15, 0.2) is 18.2 Å². The van der Waals surface area contributed by atoms with Gasteiger partial charge in [0.2, 0.25) is 0 Å². The van der Waals surface area contributed by atoms with E-state index in [1.807, 2.05) is 0 Å². The molecule has 104 valence electrons. The minimum atomic E-state index is -4.35. The predicted molar refractivity (Wildman–Crippen MR) is 69.3 cm³/mol. The summed E-state index contributed by atoms with van der Waals surface area (Å²) in [6.45, 7) is 0. The molecule has 0 aromatic heterocycles. The van der Waals surface area contributed by atoms with Gasteiger partial charge in [-0.25, -0.2) is 0 Å². The van der Waals surface area contributed by atoms with E-state index in [0.717, 1.165) is 24.5 Å². The van der Waals surface area contributed by atoms with Crippen molar-refractivity contribution in [3.8, 4) is 0 Å². The molecule has 2 aliphatic carbocycles. The molecule has 1 aromatic rings. The SMILES string of the molecule is FC(F)(F)c1cc(Cl)cc(NC2CC3CCC2C3)c1. The molecule has 0 spiro atoms. The highest BCUT2D eigenvalue weighted by Crippen LogP contribution is 2.46. The zero-order valence-corrected chi connectivity index (χ0v) is 11.1. The van der Waals surface area contributed by atoms with Crippen LogP contribution in [0.5, 0.6) is 0 Å². The fourth-order valence-electron chi connectivity index (χ4n) is 3.47. The van der Waals surface area contributed by atoms with Crippen molar-refractivity contribution < 1.29 is 13.2 Å². The summed E-state index contributed by atoms with van der Waals surface area (Å²) in [6.07, 6.45) is 0.389. The van der Waals surface area contributed by atoms with E-state index in [9.17, 15) is 13.2 Å². The van der Waals surface area contributed by atoms with Gasteiger partial charge in [-0.15, -0.1) is 0 Å². The molecule has 19 heavy (non-hydrogen) atoms. The Bertz CT molecular complexity index is 486. The van der Waals surface area contributed by atoms with Gasteiger partial charge >= 0.3 is 6.18 Å². The molecule has 0 aliphatic heterocycles. The minimum Gasteiger partial charge on any atom is -0.382 e. The van der Waals surface area contributed by atoms with Crippen LogP contribution in [-0.4, -0.2) is 6.04 Å². The van der Waals surface area contributed by atoms with Gasteiger partial charge in [0.25, 0.3) is 0 Å². The molecule has 2 aliphatic rings. The zero-order valence-electron chi connectivity index (χ0n) is 10.3. The van der Waals surface area contributed by atoms with Crippen molar-refractivity contribution in [1.29, 1.82) is 0 Å². The third-order valence-electron chi connectivity index (χ3n) is 4.32. The van der Waals surface area contributed by atoms with Crippen LogP contribution >= 0.6 is 11.6 Å². The Labute approximate surface area is 115 Å². The monoisotopic (exact) mass is 289 g/mol. The van der Waals surface area contributed by atoms with Crippen LogP contribution in [0.3, 0.4) is 0 Å². The Hall–Kier alpha value is -0.900. The predicted octanol–water partition coefficient (Wildman–Crippen LogP) is 4.96. The first-order valence-corrected chi connectivity index (χ1v) is 6.94. The standard InChI is InChI=1S/C14H15ClF3N/c15-11-5-10(14(16,17)18)6-12(7-11)19-13-4-8-1-2-9(13)3-8/h5-9,13,19H,1-4H2. The second-order valence-corrected chi connectivity index (χ2v) is 6.09. The summed E-state index contributed by atoms with van der Waals surface area (Å²) >= 11 is 5.78. The van der Waals surface area contributed by atoms with Crippen molar-refractivity contribution in [2.24, 2.45) is 11.8 Å². The topological polar surface area (TPSA) is 12.0 Å². The Balaban J connectivity index is 1.79. The summed E-state index contributed by atoms with van der Waals surface area (Å²) < 4.78 is 38.2. The summed E-state index contributed by atoms with van der Waals surface area (Å²) in [5.74, 6) is 1.36. The van der Waals surface area contributed by atoms with E-state index in [1.54, 1.807) is 6.07 Å². The van der Waals surface area contributed by atoms with Crippen LogP contribution in [0.4, 0.5) is 18.9 Å². The number of anilines is 1. The van der Waals surface area contributed by atoms with Gasteiger partial charge in [-0.1, -0.05) is 18.0 Å². The molecular weight excluding hydrogens is 275 g/mol. The average molecular weight is 290 g/mol. The van der Waals surface area contributed by atoms with Crippen LogP contribution in [0, 0.1) is 11.8 Å². The molecule has 1 nitrogen and oxygen atoms in total. The molecule has 0 amide bonds. The molecule has 3 atom stereocenters. The fraction of sp³-hybridized carbons (Fsp3) is 0.571. The molecule has 1 N–H and O–H groups in total. The molecule has 3 unspecified atom stereocenters. The highest BCUT2D eigenvalue weighted by Gasteiger charge is 2.39. The van der Waals surface area contributed by atoms with Crippen molar-refractivity contribution in [2.45, 2.75) is 37.9 Å². The lowest BCUT2D eigenvalue weighted by molar-refractivity contribution is -0.137. The Morgan fingerprint density at radius 1 is 1.11 bits per heavy atom. The number of fused-ring (bicyclic) bond motifs is 2. The molecule has 0 saturated heterocycles. The number of halogens is 4. The number of nitrogens with one attached hydrogen (secondary N) is 1. The summed E-state index contributed by atoms with van der Waals surface area (Å²) in [6, 6.07) is 3.99. The fourth-order valence-corrected chi connectivity index (χ4v) is 3.71. The van der Waals surface area contributed by atoms with Gasteiger partial charge in [-0.3, -0.25) is 0 Å². The smallest absolute Gasteiger partial charge is 0.382 e. The van der Waals surface area contributed by atoms with Gasteiger partial charge in [0.05, 0.1) is 5.56 Å². The normalized spacial score (nSPS) is 29.8. The quantitative estimate of drug-likeness (QED) is 0.811. The lowest BCUT2D eigenvalue weighted by Gasteiger charge is -2.24. The number of rotatable bonds is 2. The van der Waals surface area contributed by atoms with Gasteiger partial charge in [-0.2, -0.15) is 13.2 Å². The van der Waals surface area contributed by atoms with Gasteiger partial charge in [0, 0.05) is 16.8 Å². The lowest BCUT2D eigenvalue weighted by atomic mass is 9.95. The van der Waals surface area contributed by atoms with Crippen molar-refractivity contribution in [1.82, 2.24) is 0 Å². The first-order valence-electron chi connectivity index (χ1n) is 6.56. The second-order valence-electron chi connectivity index (χ2n) is 5.65. The number of benzene rings is 1. The van der Waals surface area contributed by atoms with E-state index in [4.69, 9.17) is 11.6 Å². The summed E-state index contributed by atoms with van der Waals surface area (Å²) in [7, 11) is 0. The second kappa shape index (κ2) is 4.58. The van der Waals surface area contributed by atoms with E-state index in [1.165, 1.54) is 19.3 Å². The maximum atomic E-state index is 12.7. The van der Waals surface area contributed by atoms with E-state index >= 15 is 0 Å². The maximum absolute atomic E-state index is 12.7. The van der Waals surface area contributed by atoms with Crippen molar-refractivity contribution in [3.63, 3.8) is 0 Å². The maximum Gasteiger partial charge on any atom is 0.416 e. The molecular formula is C14H15ClF3N. The number of hydrogen-bond donors (Lipinski definition) is 1. The lowest BCUT2D eigenvalue weighted by Crippen LogP contribution is -2.26. The molecule has 5 heteroatoms. The van der Waals surface area contributed by atoms with Gasteiger partial charge in [0.15, 0.2) is 0 Å². The van der Waals surface area contributed by atoms with Crippen LogP contribution in [0.2, 0.25) is 5.02 Å². The largest absolute Gasteiger partial charge is 0.416 e. The molecule has 2 saturated carbocycles. The number of hydrogen-bond acceptors (Lipinski definition) is 1. The molecule has 0 radical (unpaired) electrons. The highest BCUT2D eigenvalue weighted by molar-refractivity contribution is 6.30. The summed E-state index contributed by atoms with van der Waals surface area (Å²) in [5.41, 5.74) is -0.206. The Morgan fingerprint density at radius 3 is 2.47 bits per heavy atom. The van der Waals surface area contributed by atoms with Gasteiger partial charge in [0.1, 0.15) is 0 Å². The summed E-state index contributed by atoms with van der Waals surface area (Å²) in [4.78, 5) is 0. The van der Waals surface area contributed by atoms with Crippen molar-refractivity contribution in [2.75, 3.05) is 5.32 Å². The first kappa shape index (κ1) is 13.1. The Kier molecular flexibility index (Phi) is 3.16.